The first-order valence-electron chi connectivity index (χ1n) is 9.22. The summed E-state index contributed by atoms with van der Waals surface area (Å²) in [4.78, 5) is 27.7. The molecular formula is C20H23N5O3. The molecule has 146 valence electrons. The summed E-state index contributed by atoms with van der Waals surface area (Å²) >= 11 is 0. The maximum Gasteiger partial charge on any atom is 0.256 e. The van der Waals surface area contributed by atoms with Gasteiger partial charge in [0.15, 0.2) is 0 Å². The van der Waals surface area contributed by atoms with Crippen LogP contribution in [0.1, 0.15) is 22.1 Å². The molecule has 2 aromatic heterocycles. The van der Waals surface area contributed by atoms with Crippen molar-refractivity contribution in [1.82, 2.24) is 24.6 Å². The summed E-state index contributed by atoms with van der Waals surface area (Å²) in [5.74, 6) is -0.253. The fourth-order valence-electron chi connectivity index (χ4n) is 3.72. The minimum atomic E-state index is -0.561. The van der Waals surface area contributed by atoms with Gasteiger partial charge in [0.25, 0.3) is 5.91 Å². The predicted octanol–water partition coefficient (Wildman–Crippen LogP) is 1.33. The van der Waals surface area contributed by atoms with E-state index >= 15 is 0 Å². The fourth-order valence-corrected chi connectivity index (χ4v) is 3.72. The van der Waals surface area contributed by atoms with Crippen molar-refractivity contribution in [2.45, 2.75) is 12.6 Å². The summed E-state index contributed by atoms with van der Waals surface area (Å²) in [7, 11) is 3.51. The van der Waals surface area contributed by atoms with E-state index in [9.17, 15) is 9.59 Å². The van der Waals surface area contributed by atoms with Crippen LogP contribution in [0.2, 0.25) is 0 Å². The fraction of sp³-hybridized carbons (Fsp3) is 0.350. The zero-order valence-corrected chi connectivity index (χ0v) is 16.0. The Morgan fingerprint density at radius 3 is 2.93 bits per heavy atom. The highest BCUT2D eigenvalue weighted by Gasteiger charge is 2.34. The summed E-state index contributed by atoms with van der Waals surface area (Å²) < 4.78 is 8.64. The van der Waals surface area contributed by atoms with Crippen molar-refractivity contribution in [2.24, 2.45) is 7.05 Å². The smallest absolute Gasteiger partial charge is 0.256 e. The lowest BCUT2D eigenvalue weighted by Crippen LogP contribution is -2.47. The Labute approximate surface area is 162 Å². The van der Waals surface area contributed by atoms with Crippen molar-refractivity contribution in [3.8, 4) is 0 Å². The van der Waals surface area contributed by atoms with Gasteiger partial charge >= 0.3 is 0 Å². The monoisotopic (exact) mass is 381 g/mol. The maximum atomic E-state index is 13.3. The molecule has 0 unspecified atom stereocenters. The highest BCUT2D eigenvalue weighted by Crippen LogP contribution is 2.26. The Balaban J connectivity index is 1.62. The highest BCUT2D eigenvalue weighted by atomic mass is 16.5. The van der Waals surface area contributed by atoms with Crippen molar-refractivity contribution in [3.63, 3.8) is 0 Å². The quantitative estimate of drug-likeness (QED) is 0.676. The SMILES string of the molecule is COCCNC(=O)[C@@H]1CN(C(=O)c2cn(C)c3ccccc23)Cc2ccnn21. The number of aromatic nitrogens is 3. The van der Waals surface area contributed by atoms with Gasteiger partial charge in [0, 0.05) is 44.0 Å². The topological polar surface area (TPSA) is 81.4 Å². The number of nitrogens with zero attached hydrogens (tertiary/aromatic N) is 4. The first-order chi connectivity index (χ1) is 13.6. The largest absolute Gasteiger partial charge is 0.383 e. The zero-order valence-electron chi connectivity index (χ0n) is 16.0. The number of carbonyl (C=O) groups excluding carboxylic acids is 2. The highest BCUT2D eigenvalue weighted by molar-refractivity contribution is 6.07. The van der Waals surface area contributed by atoms with Gasteiger partial charge in [-0.2, -0.15) is 5.10 Å². The standard InChI is InChI=1S/C20H23N5O3/c1-23-12-16(15-5-3-4-6-17(15)23)20(27)24-11-14-7-8-22-25(14)18(13-24)19(26)21-9-10-28-2/h3-8,12,18H,9-11,13H2,1-2H3,(H,21,26)/t18-/m0/s1. The van der Waals surface area contributed by atoms with Crippen molar-refractivity contribution in [3.05, 3.63) is 54.0 Å². The molecule has 0 saturated heterocycles. The third kappa shape index (κ3) is 3.16. The molecule has 4 rings (SSSR count). The molecule has 1 atom stereocenters. The summed E-state index contributed by atoms with van der Waals surface area (Å²) in [6.45, 7) is 1.54. The number of nitrogens with one attached hydrogen (secondary N) is 1. The predicted molar refractivity (Wildman–Crippen MR) is 104 cm³/mol. The first-order valence-corrected chi connectivity index (χ1v) is 9.22. The van der Waals surface area contributed by atoms with Crippen LogP contribution < -0.4 is 5.32 Å². The van der Waals surface area contributed by atoms with Crippen LogP contribution in [0.3, 0.4) is 0 Å². The molecule has 0 radical (unpaired) electrons. The molecule has 1 aliphatic rings. The lowest BCUT2D eigenvalue weighted by Gasteiger charge is -2.33. The Hall–Kier alpha value is -3.13. The van der Waals surface area contributed by atoms with E-state index in [-0.39, 0.29) is 18.4 Å². The Morgan fingerprint density at radius 1 is 1.29 bits per heavy atom. The molecular weight excluding hydrogens is 358 g/mol. The van der Waals surface area contributed by atoms with Crippen molar-refractivity contribution < 1.29 is 14.3 Å². The molecule has 3 heterocycles. The average molecular weight is 381 g/mol. The molecule has 0 saturated carbocycles. The van der Waals surface area contributed by atoms with Crippen molar-refractivity contribution in [2.75, 3.05) is 26.8 Å². The molecule has 3 aromatic rings. The van der Waals surface area contributed by atoms with E-state index in [4.69, 9.17) is 4.74 Å². The lowest BCUT2D eigenvalue weighted by molar-refractivity contribution is -0.125. The minimum absolute atomic E-state index is 0.0843. The third-order valence-electron chi connectivity index (χ3n) is 5.12. The van der Waals surface area contributed by atoms with Gasteiger partial charge in [0.05, 0.1) is 31.0 Å². The van der Waals surface area contributed by atoms with Crippen LogP contribution in [0.25, 0.3) is 10.9 Å². The zero-order chi connectivity index (χ0) is 19.7. The average Bonchev–Trinajstić information content (AvgIpc) is 3.31. The normalized spacial score (nSPS) is 16.2. The van der Waals surface area contributed by atoms with Gasteiger partial charge in [-0.1, -0.05) is 18.2 Å². The molecule has 8 heteroatoms. The maximum absolute atomic E-state index is 13.3. The van der Waals surface area contributed by atoms with Crippen LogP contribution in [-0.4, -0.2) is 57.9 Å². The number of rotatable bonds is 5. The van der Waals surface area contributed by atoms with Gasteiger partial charge in [-0.15, -0.1) is 0 Å². The van der Waals surface area contributed by atoms with E-state index in [0.29, 0.717) is 25.3 Å². The van der Waals surface area contributed by atoms with Gasteiger partial charge in [-0.3, -0.25) is 14.3 Å². The summed E-state index contributed by atoms with van der Waals surface area (Å²) in [5.41, 5.74) is 2.48. The number of ether oxygens (including phenoxy) is 1. The molecule has 0 aliphatic carbocycles. The second-order valence-corrected chi connectivity index (χ2v) is 6.92. The Bertz CT molecular complexity index is 1020. The van der Waals surface area contributed by atoms with E-state index < -0.39 is 6.04 Å². The number of fused-ring (bicyclic) bond motifs is 2. The molecule has 28 heavy (non-hydrogen) atoms. The molecule has 0 fully saturated rings. The number of hydrogen-bond donors (Lipinski definition) is 1. The molecule has 2 amide bonds. The second-order valence-electron chi connectivity index (χ2n) is 6.92. The van der Waals surface area contributed by atoms with Crippen LogP contribution >= 0.6 is 0 Å². The molecule has 0 bridgehead atoms. The number of aryl methyl sites for hydroxylation is 1. The molecule has 1 N–H and O–H groups in total. The number of para-hydroxylation sites is 1. The summed E-state index contributed by atoms with van der Waals surface area (Å²) in [6.07, 6.45) is 3.52. The summed E-state index contributed by atoms with van der Waals surface area (Å²) in [6, 6.07) is 9.11. The van der Waals surface area contributed by atoms with Crippen LogP contribution in [0.4, 0.5) is 0 Å². The van der Waals surface area contributed by atoms with Gasteiger partial charge in [-0.05, 0) is 12.1 Å². The second kappa shape index (κ2) is 7.47. The number of hydrogen-bond acceptors (Lipinski definition) is 4. The van der Waals surface area contributed by atoms with Gasteiger partial charge in [0.1, 0.15) is 6.04 Å². The first kappa shape index (κ1) is 18.2. The van der Waals surface area contributed by atoms with Crippen LogP contribution in [0.15, 0.2) is 42.7 Å². The third-order valence-corrected chi connectivity index (χ3v) is 5.12. The van der Waals surface area contributed by atoms with E-state index in [1.165, 1.54) is 0 Å². The number of amides is 2. The van der Waals surface area contributed by atoms with Crippen molar-refractivity contribution >= 4 is 22.7 Å². The number of methoxy groups -OCH3 is 1. The van der Waals surface area contributed by atoms with Crippen molar-refractivity contribution in [1.29, 1.82) is 0 Å². The van der Waals surface area contributed by atoms with Gasteiger partial charge < -0.3 is 19.5 Å². The van der Waals surface area contributed by atoms with Crippen LogP contribution in [0, 0.1) is 0 Å². The van der Waals surface area contributed by atoms with E-state index in [0.717, 1.165) is 16.6 Å². The molecule has 1 aliphatic heterocycles. The van der Waals surface area contributed by atoms with E-state index in [1.54, 1.807) is 22.9 Å². The molecule has 1 aromatic carbocycles. The van der Waals surface area contributed by atoms with E-state index in [2.05, 4.69) is 10.4 Å². The van der Waals surface area contributed by atoms with E-state index in [1.807, 2.05) is 48.1 Å². The number of carbonyl (C=O) groups is 2. The van der Waals surface area contributed by atoms with Gasteiger partial charge in [0.2, 0.25) is 5.91 Å². The van der Waals surface area contributed by atoms with Gasteiger partial charge in [-0.25, -0.2) is 0 Å². The van der Waals surface area contributed by atoms with Crippen LogP contribution in [0.5, 0.6) is 0 Å². The molecule has 8 nitrogen and oxygen atoms in total. The van der Waals surface area contributed by atoms with Crippen LogP contribution in [-0.2, 0) is 23.1 Å². The Kier molecular flexibility index (Phi) is 4.87. The summed E-state index contributed by atoms with van der Waals surface area (Å²) in [5, 5.41) is 8.05. The minimum Gasteiger partial charge on any atom is -0.383 e. The number of benzene rings is 1. The Morgan fingerprint density at radius 2 is 2.11 bits per heavy atom. The lowest BCUT2D eigenvalue weighted by atomic mass is 10.1. The molecule has 0 spiro atoms.